The van der Waals surface area contributed by atoms with E-state index in [1.165, 1.54) is 17.7 Å². The fraction of sp³-hybridized carbons (Fsp3) is 0.381. The van der Waals surface area contributed by atoms with Crippen molar-refractivity contribution in [2.75, 3.05) is 19.0 Å². The lowest BCUT2D eigenvalue weighted by Crippen LogP contribution is -2.12. The van der Waals surface area contributed by atoms with Crippen molar-refractivity contribution in [1.29, 1.82) is 5.26 Å². The van der Waals surface area contributed by atoms with E-state index in [4.69, 9.17) is 0 Å². The summed E-state index contributed by atoms with van der Waals surface area (Å²) in [4.78, 5) is 12.5. The Labute approximate surface area is 154 Å². The van der Waals surface area contributed by atoms with E-state index in [1.54, 1.807) is 12.1 Å². The molecule has 1 saturated carbocycles. The van der Waals surface area contributed by atoms with E-state index in [0.717, 1.165) is 11.3 Å². The molecule has 5 heteroatoms. The first-order valence-corrected chi connectivity index (χ1v) is 8.76. The minimum atomic E-state index is -0.575. The Morgan fingerprint density at radius 1 is 1.15 bits per heavy atom. The van der Waals surface area contributed by atoms with E-state index >= 15 is 0 Å². The summed E-state index contributed by atoms with van der Waals surface area (Å²) in [7, 11) is 4.02. The molecule has 2 aromatic rings. The molecule has 1 fully saturated rings. The van der Waals surface area contributed by atoms with Crippen LogP contribution in [0.25, 0.3) is 0 Å². The van der Waals surface area contributed by atoms with Gasteiger partial charge in [-0.2, -0.15) is 5.26 Å². The summed E-state index contributed by atoms with van der Waals surface area (Å²) in [6.07, 6.45) is 0. The van der Waals surface area contributed by atoms with Crippen molar-refractivity contribution in [3.63, 3.8) is 0 Å². The molecule has 26 heavy (non-hydrogen) atoms. The van der Waals surface area contributed by atoms with Crippen LogP contribution in [-0.4, -0.2) is 19.0 Å². The average molecular weight is 349 g/mol. The Hall–Kier alpha value is -2.87. The summed E-state index contributed by atoms with van der Waals surface area (Å²) in [5.41, 5.74) is 2.71. The molecule has 0 aliphatic heterocycles. The minimum Gasteiger partial charge on any atom is -0.378 e. The van der Waals surface area contributed by atoms with Crippen molar-refractivity contribution < 1.29 is 4.92 Å². The monoisotopic (exact) mass is 349 g/mol. The molecule has 2 aromatic carbocycles. The van der Waals surface area contributed by atoms with Gasteiger partial charge in [0.1, 0.15) is 0 Å². The average Bonchev–Trinajstić information content (AvgIpc) is 3.26. The second-order valence-electron chi connectivity index (χ2n) is 7.37. The fourth-order valence-electron chi connectivity index (χ4n) is 4.26. The van der Waals surface area contributed by atoms with Crippen molar-refractivity contribution in [2.24, 2.45) is 11.8 Å². The number of anilines is 1. The maximum atomic E-state index is 10.9. The summed E-state index contributed by atoms with van der Waals surface area (Å²) < 4.78 is 0. The van der Waals surface area contributed by atoms with Gasteiger partial charge in [0.25, 0.3) is 5.69 Å². The van der Waals surface area contributed by atoms with Gasteiger partial charge in [-0.15, -0.1) is 0 Å². The molecule has 0 bridgehead atoms. The molecule has 0 spiro atoms. The Balaban J connectivity index is 1.88. The first-order valence-electron chi connectivity index (χ1n) is 8.76. The first-order chi connectivity index (χ1) is 12.3. The number of nitrogens with zero attached hydrogens (tertiary/aromatic N) is 3. The minimum absolute atomic E-state index is 0.0546. The molecule has 0 aromatic heterocycles. The van der Waals surface area contributed by atoms with Crippen molar-refractivity contribution in [2.45, 2.75) is 25.2 Å². The number of rotatable bonds is 5. The van der Waals surface area contributed by atoms with Crippen molar-refractivity contribution in [1.82, 2.24) is 0 Å². The van der Waals surface area contributed by atoms with Crippen LogP contribution in [0, 0.1) is 33.3 Å². The molecule has 0 amide bonds. The smallest absolute Gasteiger partial charge is 0.269 e. The van der Waals surface area contributed by atoms with E-state index in [1.807, 2.05) is 14.1 Å². The van der Waals surface area contributed by atoms with Gasteiger partial charge in [0.05, 0.1) is 16.4 Å². The summed E-state index contributed by atoms with van der Waals surface area (Å²) >= 11 is 0. The molecule has 4 atom stereocenters. The molecule has 5 nitrogen and oxygen atoms in total. The van der Waals surface area contributed by atoms with Gasteiger partial charge in [-0.05, 0) is 41.0 Å². The van der Waals surface area contributed by atoms with E-state index in [0.29, 0.717) is 0 Å². The van der Waals surface area contributed by atoms with Gasteiger partial charge in [0, 0.05) is 31.9 Å². The van der Waals surface area contributed by atoms with Crippen LogP contribution in [0.3, 0.4) is 0 Å². The molecule has 0 saturated heterocycles. The quantitative estimate of drug-likeness (QED) is 0.589. The molecule has 0 heterocycles. The topological polar surface area (TPSA) is 70.2 Å². The Morgan fingerprint density at radius 3 is 2.19 bits per heavy atom. The predicted octanol–water partition coefficient (Wildman–Crippen LogP) is 4.49. The SMILES string of the molecule is CC(c1ccc(N(C)C)cc1)C1C(C)C1(C#N)c1ccc([N+](=O)[O-])cc1. The van der Waals surface area contributed by atoms with Gasteiger partial charge < -0.3 is 4.90 Å². The standard InChI is InChI=1S/C21H23N3O2/c1-14(16-5-9-18(10-6-16)23(3)4)20-15(2)21(20,13-22)17-7-11-19(12-8-17)24(25)26/h5-12,14-15,20H,1-4H3. The van der Waals surface area contributed by atoms with Crippen molar-refractivity contribution >= 4 is 11.4 Å². The third-order valence-corrected chi connectivity index (χ3v) is 5.89. The number of nitro groups is 1. The summed E-state index contributed by atoms with van der Waals surface area (Å²) in [6.45, 7) is 4.26. The molecule has 0 N–H and O–H groups in total. The van der Waals surface area contributed by atoms with Gasteiger partial charge in [0.2, 0.25) is 0 Å². The first kappa shape index (κ1) is 17.9. The lowest BCUT2D eigenvalue weighted by Gasteiger charge is -2.17. The van der Waals surface area contributed by atoms with Gasteiger partial charge in [0.15, 0.2) is 0 Å². The van der Waals surface area contributed by atoms with Gasteiger partial charge in [-0.25, -0.2) is 0 Å². The molecule has 0 radical (unpaired) electrons. The Morgan fingerprint density at radius 2 is 1.73 bits per heavy atom. The number of hydrogen-bond acceptors (Lipinski definition) is 4. The fourth-order valence-corrected chi connectivity index (χ4v) is 4.26. The van der Waals surface area contributed by atoms with Gasteiger partial charge >= 0.3 is 0 Å². The lowest BCUT2D eigenvalue weighted by atomic mass is 9.86. The number of non-ortho nitro benzene ring substituents is 1. The van der Waals surface area contributed by atoms with Crippen LogP contribution in [0.15, 0.2) is 48.5 Å². The van der Waals surface area contributed by atoms with Crippen LogP contribution in [0.5, 0.6) is 0 Å². The van der Waals surface area contributed by atoms with Crippen molar-refractivity contribution in [3.05, 3.63) is 69.8 Å². The molecular formula is C21H23N3O2. The van der Waals surface area contributed by atoms with Gasteiger partial charge in [-0.3, -0.25) is 10.1 Å². The molecule has 4 unspecified atom stereocenters. The van der Waals surface area contributed by atoms with Crippen LogP contribution < -0.4 is 4.90 Å². The molecule has 1 aliphatic carbocycles. The van der Waals surface area contributed by atoms with Crippen molar-refractivity contribution in [3.8, 4) is 6.07 Å². The van der Waals surface area contributed by atoms with E-state index in [-0.39, 0.29) is 23.4 Å². The van der Waals surface area contributed by atoms with Crippen LogP contribution in [0.2, 0.25) is 0 Å². The zero-order chi connectivity index (χ0) is 19.1. The van der Waals surface area contributed by atoms with Crippen LogP contribution in [-0.2, 0) is 5.41 Å². The third kappa shape index (κ3) is 2.72. The number of hydrogen-bond donors (Lipinski definition) is 0. The van der Waals surface area contributed by atoms with Crippen LogP contribution in [0.1, 0.15) is 30.9 Å². The maximum Gasteiger partial charge on any atom is 0.269 e. The number of benzene rings is 2. The highest BCUT2D eigenvalue weighted by Crippen LogP contribution is 2.64. The number of nitriles is 1. The number of nitro benzene ring substituents is 1. The van der Waals surface area contributed by atoms with E-state index in [9.17, 15) is 15.4 Å². The van der Waals surface area contributed by atoms with Gasteiger partial charge in [-0.1, -0.05) is 38.1 Å². The zero-order valence-corrected chi connectivity index (χ0v) is 15.5. The maximum absolute atomic E-state index is 10.9. The third-order valence-electron chi connectivity index (χ3n) is 5.89. The molecule has 134 valence electrons. The highest BCUT2D eigenvalue weighted by atomic mass is 16.6. The second kappa shape index (κ2) is 6.45. The van der Waals surface area contributed by atoms with Crippen LogP contribution in [0.4, 0.5) is 11.4 Å². The largest absolute Gasteiger partial charge is 0.378 e. The van der Waals surface area contributed by atoms with Crippen LogP contribution >= 0.6 is 0 Å². The summed E-state index contributed by atoms with van der Waals surface area (Å²) in [5, 5.41) is 20.8. The zero-order valence-electron chi connectivity index (χ0n) is 15.5. The molecular weight excluding hydrogens is 326 g/mol. The Bertz CT molecular complexity index is 852. The Kier molecular flexibility index (Phi) is 4.45. The van der Waals surface area contributed by atoms with E-state index in [2.05, 4.69) is 49.1 Å². The highest BCUT2D eigenvalue weighted by Gasteiger charge is 2.65. The molecule has 3 rings (SSSR count). The summed E-state index contributed by atoms with van der Waals surface area (Å²) in [5.74, 6) is 0.632. The lowest BCUT2D eigenvalue weighted by molar-refractivity contribution is -0.384. The van der Waals surface area contributed by atoms with E-state index < -0.39 is 10.3 Å². The second-order valence-corrected chi connectivity index (χ2v) is 7.37. The molecule has 1 aliphatic rings. The highest BCUT2D eigenvalue weighted by molar-refractivity contribution is 5.51. The summed E-state index contributed by atoms with van der Waals surface area (Å²) in [6, 6.07) is 17.4. The predicted molar refractivity (Wildman–Crippen MR) is 102 cm³/mol. The normalized spacial score (nSPS) is 25.2.